The smallest absolute Gasteiger partial charge is 0.416 e. The molecule has 0 saturated carbocycles. The minimum atomic E-state index is -4.77. The standard InChI is InChI=1S/C22H17F3N2O6/c1-10-18(21(29)30)20(19-13(26-10)3-2-4-15(19)28)17-8-7-16(33-17)12-6-5-11(22(23,24)25)9-14(12)27(31)32/h5-9,20,26H,2-4H2,1H3,(H,29,30). The highest BCUT2D eigenvalue weighted by Gasteiger charge is 2.40. The Hall–Kier alpha value is -3.89. The molecule has 0 saturated heterocycles. The van der Waals surface area contributed by atoms with Crippen LogP contribution in [-0.4, -0.2) is 21.8 Å². The molecule has 0 fully saturated rings. The number of nitrogens with zero attached hydrogens (tertiary/aromatic N) is 1. The molecule has 33 heavy (non-hydrogen) atoms. The van der Waals surface area contributed by atoms with Gasteiger partial charge in [0.2, 0.25) is 0 Å². The van der Waals surface area contributed by atoms with Crippen LogP contribution in [0.15, 0.2) is 57.3 Å². The number of halogens is 3. The van der Waals surface area contributed by atoms with E-state index in [9.17, 15) is 38.0 Å². The van der Waals surface area contributed by atoms with E-state index in [1.54, 1.807) is 6.92 Å². The number of carbonyl (C=O) groups is 2. The predicted molar refractivity (Wildman–Crippen MR) is 108 cm³/mol. The quantitative estimate of drug-likeness (QED) is 0.488. The van der Waals surface area contributed by atoms with Crippen LogP contribution in [0.3, 0.4) is 0 Å². The van der Waals surface area contributed by atoms with E-state index < -0.39 is 34.2 Å². The van der Waals surface area contributed by atoms with Gasteiger partial charge in [0, 0.05) is 29.5 Å². The van der Waals surface area contributed by atoms with Gasteiger partial charge >= 0.3 is 12.1 Å². The lowest BCUT2D eigenvalue weighted by Gasteiger charge is -2.32. The normalized spacial score (nSPS) is 18.8. The fraction of sp³-hybridized carbons (Fsp3) is 0.273. The average Bonchev–Trinajstić information content (AvgIpc) is 3.21. The molecule has 1 aromatic carbocycles. The SMILES string of the molecule is CC1=C(C(=O)O)C(c2ccc(-c3ccc(C(F)(F)F)cc3[N+](=O)[O-])o2)C2=C(CCCC2=O)N1. The monoisotopic (exact) mass is 462 g/mol. The summed E-state index contributed by atoms with van der Waals surface area (Å²) in [6.07, 6.45) is -3.38. The third-order valence-electron chi connectivity index (χ3n) is 5.70. The van der Waals surface area contributed by atoms with Crippen molar-refractivity contribution >= 4 is 17.4 Å². The fourth-order valence-corrected chi connectivity index (χ4v) is 4.27. The lowest BCUT2D eigenvalue weighted by atomic mass is 9.77. The van der Waals surface area contributed by atoms with Gasteiger partial charge in [-0.05, 0) is 44.0 Å². The first-order chi connectivity index (χ1) is 15.5. The van der Waals surface area contributed by atoms with Crippen molar-refractivity contribution in [3.05, 3.63) is 74.3 Å². The Morgan fingerprint density at radius 3 is 2.61 bits per heavy atom. The van der Waals surface area contributed by atoms with Gasteiger partial charge in [-0.15, -0.1) is 0 Å². The molecule has 0 amide bonds. The molecule has 0 spiro atoms. The third kappa shape index (κ3) is 3.90. The third-order valence-corrected chi connectivity index (χ3v) is 5.70. The second-order valence-electron chi connectivity index (χ2n) is 7.76. The van der Waals surface area contributed by atoms with Crippen molar-refractivity contribution in [1.29, 1.82) is 0 Å². The summed E-state index contributed by atoms with van der Waals surface area (Å²) in [5.41, 5.74) is -1.11. The number of nitro groups is 1. The number of carboxylic acids is 1. The molecule has 2 aromatic rings. The maximum absolute atomic E-state index is 13.0. The van der Waals surface area contributed by atoms with E-state index in [0.29, 0.717) is 36.4 Å². The summed E-state index contributed by atoms with van der Waals surface area (Å²) in [6.45, 7) is 1.56. The van der Waals surface area contributed by atoms with Gasteiger partial charge in [-0.1, -0.05) is 0 Å². The average molecular weight is 462 g/mol. The van der Waals surface area contributed by atoms with Crippen molar-refractivity contribution in [3.63, 3.8) is 0 Å². The molecule has 8 nitrogen and oxygen atoms in total. The number of benzene rings is 1. The Morgan fingerprint density at radius 2 is 1.97 bits per heavy atom. The summed E-state index contributed by atoms with van der Waals surface area (Å²) in [6, 6.07) is 4.75. The summed E-state index contributed by atoms with van der Waals surface area (Å²) in [5, 5.41) is 24.2. The van der Waals surface area contributed by atoms with E-state index in [1.165, 1.54) is 12.1 Å². The molecule has 1 aliphatic carbocycles. The van der Waals surface area contributed by atoms with Crippen LogP contribution >= 0.6 is 0 Å². The Balaban J connectivity index is 1.84. The maximum Gasteiger partial charge on any atom is 0.416 e. The highest BCUT2D eigenvalue weighted by Crippen LogP contribution is 2.44. The number of hydrogen-bond acceptors (Lipinski definition) is 6. The first kappa shape index (κ1) is 22.3. The number of rotatable bonds is 4. The van der Waals surface area contributed by atoms with E-state index in [2.05, 4.69) is 5.32 Å². The summed E-state index contributed by atoms with van der Waals surface area (Å²) in [5.74, 6) is -2.61. The Bertz CT molecular complexity index is 1260. The minimum absolute atomic E-state index is 0.0557. The van der Waals surface area contributed by atoms with Crippen molar-refractivity contribution in [2.75, 3.05) is 0 Å². The number of ketones is 1. The van der Waals surface area contributed by atoms with Gasteiger partial charge in [0.15, 0.2) is 5.78 Å². The largest absolute Gasteiger partial charge is 0.478 e. The highest BCUT2D eigenvalue weighted by molar-refractivity contribution is 6.03. The van der Waals surface area contributed by atoms with Crippen LogP contribution in [0.1, 0.15) is 43.4 Å². The molecule has 1 unspecified atom stereocenters. The molecule has 0 radical (unpaired) electrons. The van der Waals surface area contributed by atoms with Crippen molar-refractivity contribution in [3.8, 4) is 11.3 Å². The van der Waals surface area contributed by atoms with Crippen LogP contribution in [0.5, 0.6) is 0 Å². The molecule has 1 atom stereocenters. The molecule has 2 aliphatic rings. The molecule has 2 N–H and O–H groups in total. The zero-order valence-corrected chi connectivity index (χ0v) is 17.2. The number of nitrogens with one attached hydrogen (secondary N) is 1. The van der Waals surface area contributed by atoms with E-state index in [1.807, 2.05) is 0 Å². The number of carbonyl (C=O) groups excluding carboxylic acids is 1. The zero-order chi connectivity index (χ0) is 24.1. The van der Waals surface area contributed by atoms with E-state index >= 15 is 0 Å². The van der Waals surface area contributed by atoms with Crippen molar-refractivity contribution in [1.82, 2.24) is 5.32 Å². The summed E-state index contributed by atoms with van der Waals surface area (Å²) < 4.78 is 44.8. The molecule has 11 heteroatoms. The topological polar surface area (TPSA) is 123 Å². The van der Waals surface area contributed by atoms with Crippen molar-refractivity contribution in [2.45, 2.75) is 38.3 Å². The number of nitro benzene ring substituents is 1. The van der Waals surface area contributed by atoms with Gasteiger partial charge in [0.25, 0.3) is 5.69 Å². The molecule has 2 heterocycles. The number of carboxylic acid groups (broad SMARTS) is 1. The fourth-order valence-electron chi connectivity index (χ4n) is 4.27. The molecule has 1 aromatic heterocycles. The van der Waals surface area contributed by atoms with Crippen LogP contribution < -0.4 is 5.32 Å². The minimum Gasteiger partial charge on any atom is -0.478 e. The second-order valence-corrected chi connectivity index (χ2v) is 7.76. The Morgan fingerprint density at radius 1 is 1.24 bits per heavy atom. The van der Waals surface area contributed by atoms with E-state index in [-0.39, 0.29) is 40.4 Å². The molecular weight excluding hydrogens is 445 g/mol. The Labute approximate surface area is 184 Å². The first-order valence-electron chi connectivity index (χ1n) is 9.92. The first-order valence-corrected chi connectivity index (χ1v) is 9.92. The number of allylic oxidation sites excluding steroid dienone is 3. The van der Waals surface area contributed by atoms with Gasteiger partial charge in [-0.3, -0.25) is 14.9 Å². The number of dihydropyridines is 1. The lowest BCUT2D eigenvalue weighted by Crippen LogP contribution is -2.33. The van der Waals surface area contributed by atoms with Gasteiger partial charge in [-0.2, -0.15) is 13.2 Å². The van der Waals surface area contributed by atoms with Crippen LogP contribution in [0.2, 0.25) is 0 Å². The van der Waals surface area contributed by atoms with Crippen LogP contribution in [0, 0.1) is 10.1 Å². The van der Waals surface area contributed by atoms with Crippen molar-refractivity contribution < 1.29 is 37.2 Å². The number of aliphatic carboxylic acids is 1. The molecule has 4 rings (SSSR count). The lowest BCUT2D eigenvalue weighted by molar-refractivity contribution is -0.384. The molecule has 172 valence electrons. The maximum atomic E-state index is 13.0. The van der Waals surface area contributed by atoms with Crippen molar-refractivity contribution in [2.24, 2.45) is 0 Å². The number of hydrogen-bond donors (Lipinski definition) is 2. The predicted octanol–water partition coefficient (Wildman–Crippen LogP) is 4.93. The van der Waals surface area contributed by atoms with Crippen LogP contribution in [0.25, 0.3) is 11.3 Å². The van der Waals surface area contributed by atoms with E-state index in [0.717, 1.165) is 6.07 Å². The summed E-state index contributed by atoms with van der Waals surface area (Å²) in [7, 11) is 0. The Kier molecular flexibility index (Phi) is 5.35. The molecule has 0 bridgehead atoms. The van der Waals surface area contributed by atoms with Crippen LogP contribution in [-0.2, 0) is 15.8 Å². The number of Topliss-reactive ketones (excluding diaryl/α,β-unsaturated/α-hetero) is 1. The van der Waals surface area contributed by atoms with Gasteiger partial charge < -0.3 is 14.8 Å². The second kappa shape index (κ2) is 7.91. The summed E-state index contributed by atoms with van der Waals surface area (Å²) in [4.78, 5) is 35.2. The number of alkyl halides is 3. The van der Waals surface area contributed by atoms with Gasteiger partial charge in [0.1, 0.15) is 11.5 Å². The number of furan rings is 1. The zero-order valence-electron chi connectivity index (χ0n) is 17.2. The highest BCUT2D eigenvalue weighted by atomic mass is 19.4. The van der Waals surface area contributed by atoms with E-state index in [4.69, 9.17) is 4.42 Å². The molecule has 1 aliphatic heterocycles. The summed E-state index contributed by atoms with van der Waals surface area (Å²) >= 11 is 0. The van der Waals surface area contributed by atoms with Gasteiger partial charge in [-0.25, -0.2) is 4.79 Å². The van der Waals surface area contributed by atoms with Crippen LogP contribution in [0.4, 0.5) is 18.9 Å². The van der Waals surface area contributed by atoms with Gasteiger partial charge in [0.05, 0.1) is 27.5 Å². The molecular formula is C22H17F3N2O6.